The summed E-state index contributed by atoms with van der Waals surface area (Å²) in [5.74, 6) is -1.93. The minimum atomic E-state index is -4.37. The van der Waals surface area contributed by atoms with Crippen LogP contribution in [0.3, 0.4) is 0 Å². The molecule has 4 unspecified atom stereocenters. The van der Waals surface area contributed by atoms with Gasteiger partial charge in [-0.25, -0.2) is 8.96 Å². The second-order valence-electron chi connectivity index (χ2n) is 9.41. The van der Waals surface area contributed by atoms with E-state index >= 15 is 0 Å². The van der Waals surface area contributed by atoms with Crippen molar-refractivity contribution in [2.75, 3.05) is 19.9 Å². The van der Waals surface area contributed by atoms with E-state index in [4.69, 9.17) is 28.0 Å². The van der Waals surface area contributed by atoms with E-state index in [0.717, 1.165) is 46.0 Å². The number of halogens is 1. The SMILES string of the molecule is CC(=O)OC1COC(CF)(COP(=O)(N[C@@H](C)C(=O)OC2CCCCC2)Oc2ccccc2)C1OC(C)=O. The summed E-state index contributed by atoms with van der Waals surface area (Å²) in [5, 5.41) is 2.56. The Bertz CT molecular complexity index is 1010. The van der Waals surface area contributed by atoms with Crippen molar-refractivity contribution in [3.63, 3.8) is 0 Å². The number of benzene rings is 1. The molecule has 2 aliphatic rings. The van der Waals surface area contributed by atoms with Crippen LogP contribution in [0, 0.1) is 0 Å². The van der Waals surface area contributed by atoms with Gasteiger partial charge in [0.05, 0.1) is 13.2 Å². The number of para-hydroxylation sites is 1. The van der Waals surface area contributed by atoms with Gasteiger partial charge in [0, 0.05) is 13.8 Å². The lowest BCUT2D eigenvalue weighted by atomic mass is 9.97. The summed E-state index contributed by atoms with van der Waals surface area (Å²) in [5.41, 5.74) is -1.95. The third-order valence-electron chi connectivity index (χ3n) is 6.22. The zero-order valence-corrected chi connectivity index (χ0v) is 22.7. The molecular weight excluding hydrogens is 524 g/mol. The van der Waals surface area contributed by atoms with E-state index in [1.54, 1.807) is 18.2 Å². The van der Waals surface area contributed by atoms with E-state index < -0.39 is 62.8 Å². The molecule has 5 atom stereocenters. The van der Waals surface area contributed by atoms with Gasteiger partial charge in [0.1, 0.15) is 24.6 Å². The molecule has 1 saturated carbocycles. The Morgan fingerprint density at radius 3 is 2.34 bits per heavy atom. The van der Waals surface area contributed by atoms with Gasteiger partial charge in [-0.2, -0.15) is 5.09 Å². The lowest BCUT2D eigenvalue weighted by molar-refractivity contribution is -0.172. The first-order valence-corrected chi connectivity index (χ1v) is 14.1. The molecule has 212 valence electrons. The predicted octanol–water partition coefficient (Wildman–Crippen LogP) is 3.65. The van der Waals surface area contributed by atoms with Crippen LogP contribution in [0.1, 0.15) is 52.9 Å². The standard InChI is InChI=1S/C25H35FNO10P/c1-17(24(30)36-20-10-6-4-7-11-20)27-38(31,37-21-12-8-5-9-13-21)33-16-25(15-26)23(35-19(3)29)22(14-32-25)34-18(2)28/h5,8-9,12-13,17,20,22-23H,4,6-7,10-11,14-16H2,1-3H3,(H,27,31)/t17-,22?,23?,25?,38?/m0/s1. The van der Waals surface area contributed by atoms with Gasteiger partial charge in [-0.05, 0) is 44.7 Å². The minimum absolute atomic E-state index is 0.159. The van der Waals surface area contributed by atoms with Crippen LogP contribution in [0.5, 0.6) is 5.75 Å². The Morgan fingerprint density at radius 2 is 1.74 bits per heavy atom. The molecule has 1 aliphatic carbocycles. The van der Waals surface area contributed by atoms with Crippen molar-refractivity contribution >= 4 is 25.7 Å². The second-order valence-corrected chi connectivity index (χ2v) is 11.1. The maximum absolute atomic E-state index is 14.5. The van der Waals surface area contributed by atoms with Crippen LogP contribution in [0.25, 0.3) is 0 Å². The molecule has 3 rings (SSSR count). The average molecular weight is 560 g/mol. The normalized spacial score (nSPS) is 26.1. The zero-order valence-electron chi connectivity index (χ0n) is 21.8. The Labute approximate surface area is 221 Å². The number of hydrogen-bond donors (Lipinski definition) is 1. The van der Waals surface area contributed by atoms with Crippen LogP contribution in [0.15, 0.2) is 30.3 Å². The van der Waals surface area contributed by atoms with Gasteiger partial charge in [0.2, 0.25) is 0 Å². The van der Waals surface area contributed by atoms with Gasteiger partial charge in [-0.1, -0.05) is 24.6 Å². The molecule has 1 aromatic carbocycles. The summed E-state index contributed by atoms with van der Waals surface area (Å²) < 4.78 is 61.0. The molecule has 0 amide bonds. The first-order valence-electron chi connectivity index (χ1n) is 12.6. The van der Waals surface area contributed by atoms with Crippen LogP contribution < -0.4 is 9.61 Å². The van der Waals surface area contributed by atoms with E-state index in [9.17, 15) is 23.3 Å². The Hall–Kier alpha value is -2.53. The number of carbonyl (C=O) groups excluding carboxylic acids is 3. The highest BCUT2D eigenvalue weighted by Gasteiger charge is 2.56. The lowest BCUT2D eigenvalue weighted by Crippen LogP contribution is -2.52. The van der Waals surface area contributed by atoms with Gasteiger partial charge in [-0.15, -0.1) is 0 Å². The molecule has 38 heavy (non-hydrogen) atoms. The van der Waals surface area contributed by atoms with Crippen molar-refractivity contribution in [1.29, 1.82) is 0 Å². The predicted molar refractivity (Wildman–Crippen MR) is 132 cm³/mol. The fraction of sp³-hybridized carbons (Fsp3) is 0.640. The van der Waals surface area contributed by atoms with Crippen molar-refractivity contribution in [2.45, 2.75) is 82.8 Å². The summed E-state index contributed by atoms with van der Waals surface area (Å²) in [7, 11) is -4.37. The first-order chi connectivity index (χ1) is 18.1. The third kappa shape index (κ3) is 8.23. The van der Waals surface area contributed by atoms with Crippen LogP contribution in [0.2, 0.25) is 0 Å². The molecule has 0 aromatic heterocycles. The number of carbonyl (C=O) groups is 3. The Kier molecular flexibility index (Phi) is 10.7. The first kappa shape index (κ1) is 30.0. The molecule has 13 heteroatoms. The van der Waals surface area contributed by atoms with Crippen LogP contribution in [-0.4, -0.2) is 67.8 Å². The number of ether oxygens (including phenoxy) is 4. The van der Waals surface area contributed by atoms with Gasteiger partial charge >= 0.3 is 25.7 Å². The average Bonchev–Trinajstić information content (AvgIpc) is 3.20. The molecule has 1 aliphatic heterocycles. The number of esters is 3. The highest BCUT2D eigenvalue weighted by molar-refractivity contribution is 7.52. The van der Waals surface area contributed by atoms with Gasteiger partial charge in [0.25, 0.3) is 0 Å². The van der Waals surface area contributed by atoms with Crippen LogP contribution >= 0.6 is 7.75 Å². The number of nitrogens with one attached hydrogen (secondary N) is 1. The van der Waals surface area contributed by atoms with Crippen LogP contribution in [0.4, 0.5) is 4.39 Å². The van der Waals surface area contributed by atoms with E-state index in [0.29, 0.717) is 0 Å². The lowest BCUT2D eigenvalue weighted by Gasteiger charge is -2.33. The van der Waals surface area contributed by atoms with E-state index in [1.165, 1.54) is 19.1 Å². The van der Waals surface area contributed by atoms with Crippen molar-refractivity contribution in [3.8, 4) is 5.75 Å². The van der Waals surface area contributed by atoms with Crippen molar-refractivity contribution in [3.05, 3.63) is 30.3 Å². The van der Waals surface area contributed by atoms with E-state index in [-0.39, 0.29) is 18.5 Å². The third-order valence-corrected chi connectivity index (χ3v) is 7.84. The largest absolute Gasteiger partial charge is 0.461 e. The summed E-state index contributed by atoms with van der Waals surface area (Å²) >= 11 is 0. The quantitative estimate of drug-likeness (QED) is 0.228. The van der Waals surface area contributed by atoms with Crippen LogP contribution in [-0.2, 0) is 42.4 Å². The molecule has 11 nitrogen and oxygen atoms in total. The van der Waals surface area contributed by atoms with Crippen molar-refractivity contribution < 1.29 is 51.3 Å². The highest BCUT2D eigenvalue weighted by Crippen LogP contribution is 2.47. The molecule has 2 fully saturated rings. The summed E-state index contributed by atoms with van der Waals surface area (Å²) in [6, 6.07) is 6.96. The summed E-state index contributed by atoms with van der Waals surface area (Å²) in [6.07, 6.45) is 1.80. The molecular formula is C25H35FNO10P. The van der Waals surface area contributed by atoms with Gasteiger partial charge in [-0.3, -0.25) is 18.9 Å². The molecule has 1 saturated heterocycles. The fourth-order valence-corrected chi connectivity index (χ4v) is 5.90. The van der Waals surface area contributed by atoms with E-state index in [2.05, 4.69) is 5.09 Å². The van der Waals surface area contributed by atoms with Gasteiger partial charge < -0.3 is 23.5 Å². The molecule has 0 spiro atoms. The maximum Gasteiger partial charge on any atom is 0.459 e. The topological polar surface area (TPSA) is 136 Å². The number of rotatable bonds is 12. The number of hydrogen-bond acceptors (Lipinski definition) is 10. The maximum atomic E-state index is 14.5. The number of alkyl halides is 1. The Morgan fingerprint density at radius 1 is 1.08 bits per heavy atom. The Balaban J connectivity index is 1.78. The molecule has 1 aromatic rings. The monoisotopic (exact) mass is 559 g/mol. The summed E-state index contributed by atoms with van der Waals surface area (Å²) in [4.78, 5) is 36.0. The zero-order chi connectivity index (χ0) is 27.8. The second kappa shape index (κ2) is 13.5. The minimum Gasteiger partial charge on any atom is -0.461 e. The fourth-order valence-electron chi connectivity index (χ4n) is 4.35. The highest BCUT2D eigenvalue weighted by atomic mass is 31.2. The van der Waals surface area contributed by atoms with Crippen molar-refractivity contribution in [1.82, 2.24) is 5.09 Å². The van der Waals surface area contributed by atoms with E-state index in [1.807, 2.05) is 0 Å². The molecule has 1 N–H and O–H groups in total. The molecule has 1 heterocycles. The summed E-state index contributed by atoms with van der Waals surface area (Å²) in [6.45, 7) is 1.47. The van der Waals surface area contributed by atoms with Crippen molar-refractivity contribution in [2.24, 2.45) is 0 Å². The molecule has 0 radical (unpaired) electrons. The smallest absolute Gasteiger partial charge is 0.459 e. The van der Waals surface area contributed by atoms with Gasteiger partial charge in [0.15, 0.2) is 17.8 Å². The molecule has 0 bridgehead atoms.